The quantitative estimate of drug-likeness (QED) is 0.183. The summed E-state index contributed by atoms with van der Waals surface area (Å²) in [4.78, 5) is 16.2. The Balaban J connectivity index is 0.00000169. The molecule has 2 N–H and O–H groups in total. The minimum atomic E-state index is -0.962. The fraction of sp³-hybridized carbons (Fsp3) is 0.176. The van der Waals surface area contributed by atoms with Crippen molar-refractivity contribution in [3.8, 4) is 5.75 Å². The number of hydrogen-bond donors (Lipinski definition) is 1. The molecule has 1 saturated carbocycles. The first-order valence-corrected chi connectivity index (χ1v) is 8.06. The number of amidine groups is 1. The molecule has 1 fully saturated rings. The third-order valence-corrected chi connectivity index (χ3v) is 4.36. The van der Waals surface area contributed by atoms with E-state index >= 15 is 0 Å². The summed E-state index contributed by atoms with van der Waals surface area (Å²) in [7, 11) is 0. The highest BCUT2D eigenvalue weighted by atomic mass is 79.9. The molecule has 0 aliphatic heterocycles. The van der Waals surface area contributed by atoms with Gasteiger partial charge in [-0.3, -0.25) is 4.84 Å². The average Bonchev–Trinajstić information content (AvgIpc) is 3.37. The molecule has 1 aliphatic carbocycles. The Kier molecular flexibility index (Phi) is 8.45. The van der Waals surface area contributed by atoms with E-state index in [1.54, 1.807) is 36.4 Å². The van der Waals surface area contributed by atoms with Gasteiger partial charge in [-0.1, -0.05) is 29.4 Å². The summed E-state index contributed by atoms with van der Waals surface area (Å²) >= 11 is 3.12. The Bertz CT molecular complexity index is 793. The smallest absolute Gasteiger partial charge is 0.393 e. The van der Waals surface area contributed by atoms with Crippen molar-refractivity contribution in [2.75, 3.05) is 0 Å². The molecule has 1 aliphatic rings. The van der Waals surface area contributed by atoms with E-state index in [0.29, 0.717) is 10.2 Å². The molecule has 0 heterocycles. The van der Waals surface area contributed by atoms with Crippen molar-refractivity contribution >= 4 is 54.9 Å². The Labute approximate surface area is 172 Å². The zero-order valence-electron chi connectivity index (χ0n) is 13.5. The number of halogens is 2. The zero-order valence-corrected chi connectivity index (χ0v) is 17.1. The van der Waals surface area contributed by atoms with E-state index in [0.717, 1.165) is 12.0 Å². The predicted octanol–water partition coefficient (Wildman–Crippen LogP) is 4.41. The van der Waals surface area contributed by atoms with E-state index in [-0.39, 0.29) is 50.5 Å². The lowest BCUT2D eigenvalue weighted by Crippen LogP contribution is -2.18. The van der Waals surface area contributed by atoms with Crippen LogP contribution in [-0.2, 0) is 4.84 Å². The van der Waals surface area contributed by atoms with Gasteiger partial charge in [0.1, 0.15) is 17.4 Å². The van der Waals surface area contributed by atoms with Gasteiger partial charge in [-0.2, -0.15) is 27.0 Å². The van der Waals surface area contributed by atoms with E-state index in [1.807, 2.05) is 6.07 Å². The normalized spacial score (nSPS) is 18.2. The van der Waals surface area contributed by atoms with Crippen LogP contribution in [0.25, 0.3) is 0 Å². The fourth-order valence-electron chi connectivity index (χ4n) is 2.39. The van der Waals surface area contributed by atoms with Gasteiger partial charge in [-0.05, 0) is 58.1 Å². The first-order valence-electron chi connectivity index (χ1n) is 7.27. The molecule has 0 amide bonds. The van der Waals surface area contributed by atoms with Crippen molar-refractivity contribution in [1.29, 1.82) is 0 Å². The van der Waals surface area contributed by atoms with Crippen LogP contribution in [0.4, 0.5) is 9.18 Å². The summed E-state index contributed by atoms with van der Waals surface area (Å²) in [6.45, 7) is 0. The van der Waals surface area contributed by atoms with E-state index in [4.69, 9.17) is 10.5 Å². The Morgan fingerprint density at radius 3 is 2.54 bits per heavy atom. The number of nitrogens with two attached hydrogens (primary N) is 1. The molecule has 0 aromatic heterocycles. The number of carbonyl (C=O) groups is 1. The third-order valence-electron chi connectivity index (χ3n) is 3.71. The number of benzene rings is 2. The molecule has 3 rings (SSSR count). The van der Waals surface area contributed by atoms with Gasteiger partial charge >= 0.3 is 6.16 Å². The minimum Gasteiger partial charge on any atom is -0.393 e. The molecule has 5 nitrogen and oxygen atoms in total. The van der Waals surface area contributed by atoms with Crippen molar-refractivity contribution in [3.63, 3.8) is 0 Å². The van der Waals surface area contributed by atoms with Crippen molar-refractivity contribution < 1.29 is 18.8 Å². The maximum atomic E-state index is 13.6. The molecular weight excluding hydrogens is 443 g/mol. The molecule has 0 bridgehead atoms. The molecule has 2 aromatic carbocycles. The van der Waals surface area contributed by atoms with Gasteiger partial charge in [0.25, 0.3) is 0 Å². The number of para-hydroxylation sites is 1. The molecule has 2 atom stereocenters. The molecule has 0 radical (unpaired) electrons. The average molecular weight is 461 g/mol. The largest absolute Gasteiger partial charge is 0.540 e. The van der Waals surface area contributed by atoms with Gasteiger partial charge in [-0.25, -0.2) is 9.18 Å². The van der Waals surface area contributed by atoms with E-state index in [2.05, 4.69) is 25.9 Å². The Morgan fingerprint density at radius 1 is 1.19 bits per heavy atom. The van der Waals surface area contributed by atoms with Crippen LogP contribution in [0.3, 0.4) is 0 Å². The standard InChI is InChI=1S/C17H14BrFN2O3.2H2S/c18-14-7-6-10(8-15(14)19)12-9-13(12)16(20)21-24-17(22)23-11-4-2-1-3-5-11;;/h1-8,12-13H,9H2,(H2,20,21);2*1H2/t12-,13+;;/m1../s1. The monoisotopic (exact) mass is 460 g/mol. The van der Waals surface area contributed by atoms with Gasteiger partial charge in [0, 0.05) is 5.92 Å². The molecule has 140 valence electrons. The SMILES string of the molecule is N/C(=N/OC(=O)Oc1ccccc1)[C@H]1C[C@@H]1c1ccc(Br)c(F)c1.S.S. The lowest BCUT2D eigenvalue weighted by Gasteiger charge is -2.03. The number of carbonyl (C=O) groups excluding carboxylic acids is 1. The summed E-state index contributed by atoms with van der Waals surface area (Å²) in [5, 5.41) is 3.61. The zero-order chi connectivity index (χ0) is 17.1. The second-order valence-electron chi connectivity index (χ2n) is 5.39. The molecule has 9 heteroatoms. The predicted molar refractivity (Wildman–Crippen MR) is 111 cm³/mol. The van der Waals surface area contributed by atoms with Crippen LogP contribution < -0.4 is 10.5 Å². The number of oxime groups is 1. The van der Waals surface area contributed by atoms with Crippen LogP contribution in [0.1, 0.15) is 17.9 Å². The maximum Gasteiger partial charge on any atom is 0.540 e. The molecule has 0 unspecified atom stereocenters. The Morgan fingerprint density at radius 2 is 1.88 bits per heavy atom. The summed E-state index contributed by atoms with van der Waals surface area (Å²) in [5.74, 6) is 0.218. The molecule has 26 heavy (non-hydrogen) atoms. The molecule has 2 aromatic rings. The van der Waals surface area contributed by atoms with Crippen LogP contribution in [-0.4, -0.2) is 12.0 Å². The minimum absolute atomic E-state index is 0. The van der Waals surface area contributed by atoms with E-state index in [1.165, 1.54) is 6.07 Å². The lowest BCUT2D eigenvalue weighted by molar-refractivity contribution is 0.102. The van der Waals surface area contributed by atoms with Crippen LogP contribution >= 0.6 is 42.9 Å². The first-order chi connectivity index (χ1) is 11.5. The topological polar surface area (TPSA) is 73.9 Å². The highest BCUT2D eigenvalue weighted by molar-refractivity contribution is 9.10. The van der Waals surface area contributed by atoms with Gasteiger partial charge < -0.3 is 10.5 Å². The van der Waals surface area contributed by atoms with E-state index < -0.39 is 6.16 Å². The van der Waals surface area contributed by atoms with Gasteiger partial charge in [0.15, 0.2) is 0 Å². The van der Waals surface area contributed by atoms with Gasteiger partial charge in [0.2, 0.25) is 0 Å². The fourth-order valence-corrected chi connectivity index (χ4v) is 2.64. The van der Waals surface area contributed by atoms with E-state index in [9.17, 15) is 9.18 Å². The first kappa shape index (κ1) is 22.3. The number of ether oxygens (including phenoxy) is 1. The second-order valence-corrected chi connectivity index (χ2v) is 6.25. The summed E-state index contributed by atoms with van der Waals surface area (Å²) in [5.41, 5.74) is 6.67. The van der Waals surface area contributed by atoms with Crippen molar-refractivity contribution in [2.24, 2.45) is 16.8 Å². The number of hydrogen-bond acceptors (Lipinski definition) is 4. The number of nitrogens with zero attached hydrogens (tertiary/aromatic N) is 1. The van der Waals surface area contributed by atoms with Crippen LogP contribution in [0.15, 0.2) is 58.2 Å². The molecule has 0 saturated heterocycles. The highest BCUT2D eigenvalue weighted by Crippen LogP contribution is 2.48. The van der Waals surface area contributed by atoms with Crippen LogP contribution in [0, 0.1) is 11.7 Å². The van der Waals surface area contributed by atoms with Crippen LogP contribution in [0.2, 0.25) is 0 Å². The summed E-state index contributed by atoms with van der Waals surface area (Å²) in [6, 6.07) is 13.4. The molecular formula is C17H18BrFN2O3S2. The highest BCUT2D eigenvalue weighted by Gasteiger charge is 2.42. The second kappa shape index (κ2) is 9.84. The van der Waals surface area contributed by atoms with Crippen molar-refractivity contribution in [2.45, 2.75) is 12.3 Å². The summed E-state index contributed by atoms with van der Waals surface area (Å²) in [6.07, 6.45) is -0.232. The van der Waals surface area contributed by atoms with Gasteiger partial charge in [-0.15, -0.1) is 0 Å². The Hall–Kier alpha value is -1.71. The van der Waals surface area contributed by atoms with Crippen LogP contribution in [0.5, 0.6) is 5.75 Å². The van der Waals surface area contributed by atoms with Crippen molar-refractivity contribution in [1.82, 2.24) is 0 Å². The third kappa shape index (κ3) is 5.65. The van der Waals surface area contributed by atoms with Gasteiger partial charge in [0.05, 0.1) is 4.47 Å². The maximum absolute atomic E-state index is 13.6. The number of rotatable bonds is 4. The molecule has 0 spiro atoms. The summed E-state index contributed by atoms with van der Waals surface area (Å²) < 4.78 is 18.9. The lowest BCUT2D eigenvalue weighted by atomic mass is 10.1. The van der Waals surface area contributed by atoms with Crippen molar-refractivity contribution in [3.05, 3.63) is 64.4 Å².